The molecule has 5 heteroatoms. The van der Waals surface area contributed by atoms with E-state index in [1.807, 2.05) is 17.0 Å². The minimum Gasteiger partial charge on any atom is -0.364 e. The van der Waals surface area contributed by atoms with E-state index in [1.54, 1.807) is 11.8 Å². The smallest absolute Gasteiger partial charge is 0.229 e. The summed E-state index contributed by atoms with van der Waals surface area (Å²) in [6, 6.07) is 8.34. The van der Waals surface area contributed by atoms with Gasteiger partial charge in [-0.15, -0.1) is 0 Å². The third-order valence-corrected chi connectivity index (χ3v) is 5.45. The number of nitrogens with zero attached hydrogens (tertiary/aromatic N) is 2. The number of carbonyl (C=O) groups is 2. The molecule has 23 heavy (non-hydrogen) atoms. The van der Waals surface area contributed by atoms with Crippen LogP contribution in [0.1, 0.15) is 30.9 Å². The van der Waals surface area contributed by atoms with Crippen LogP contribution in [0.4, 0.5) is 0 Å². The van der Waals surface area contributed by atoms with Crippen LogP contribution >= 0.6 is 0 Å². The summed E-state index contributed by atoms with van der Waals surface area (Å²) >= 11 is 0. The van der Waals surface area contributed by atoms with Crippen LogP contribution in [-0.4, -0.2) is 47.8 Å². The number of ether oxygens (including phenoxy) is 1. The maximum absolute atomic E-state index is 12.7. The number of fused-ring (bicyclic) bond motifs is 2. The Morgan fingerprint density at radius 3 is 2.78 bits per heavy atom. The summed E-state index contributed by atoms with van der Waals surface area (Å²) in [5, 5.41) is 0. The standard InChI is InChI=1S/C18H22N2O3/c1-13(21)20-9-15(10-20)17(22)19-8-4-7-18(12-19)16-6-3-2-5-14(16)11-23-18/h2-3,5-6,15H,4,7-12H2,1H3. The van der Waals surface area contributed by atoms with Gasteiger partial charge in [0.2, 0.25) is 11.8 Å². The predicted octanol–water partition coefficient (Wildman–Crippen LogP) is 1.51. The van der Waals surface area contributed by atoms with Gasteiger partial charge in [-0.05, 0) is 24.0 Å². The van der Waals surface area contributed by atoms with Crippen LogP contribution in [0.5, 0.6) is 0 Å². The molecule has 1 aromatic rings. The molecule has 122 valence electrons. The Balaban J connectivity index is 1.48. The van der Waals surface area contributed by atoms with E-state index in [1.165, 1.54) is 11.1 Å². The first-order chi connectivity index (χ1) is 11.1. The summed E-state index contributed by atoms with van der Waals surface area (Å²) in [5.41, 5.74) is 2.17. The first kappa shape index (κ1) is 14.7. The van der Waals surface area contributed by atoms with Crippen LogP contribution in [-0.2, 0) is 26.5 Å². The SMILES string of the molecule is CC(=O)N1CC(C(=O)N2CCCC3(C2)OCc2ccccc23)C1. The minimum absolute atomic E-state index is 0.0364. The number of piperidine rings is 1. The van der Waals surface area contributed by atoms with E-state index >= 15 is 0 Å². The number of carbonyl (C=O) groups excluding carboxylic acids is 2. The molecule has 1 atom stereocenters. The zero-order valence-electron chi connectivity index (χ0n) is 13.5. The van der Waals surface area contributed by atoms with Gasteiger partial charge in [-0.25, -0.2) is 0 Å². The van der Waals surface area contributed by atoms with Crippen LogP contribution in [0.3, 0.4) is 0 Å². The second-order valence-corrected chi connectivity index (χ2v) is 6.92. The Bertz CT molecular complexity index is 649. The molecule has 0 radical (unpaired) electrons. The lowest BCUT2D eigenvalue weighted by atomic mass is 9.84. The molecule has 1 spiro atoms. The third-order valence-electron chi connectivity index (χ3n) is 5.45. The van der Waals surface area contributed by atoms with Crippen LogP contribution in [0.25, 0.3) is 0 Å². The summed E-state index contributed by atoms with van der Waals surface area (Å²) in [5.74, 6) is 0.192. The average molecular weight is 314 g/mol. The van der Waals surface area contributed by atoms with Gasteiger partial charge in [-0.3, -0.25) is 9.59 Å². The van der Waals surface area contributed by atoms with Gasteiger partial charge in [0.1, 0.15) is 5.60 Å². The Kier molecular flexibility index (Phi) is 3.41. The highest BCUT2D eigenvalue weighted by atomic mass is 16.5. The van der Waals surface area contributed by atoms with E-state index in [4.69, 9.17) is 4.74 Å². The van der Waals surface area contributed by atoms with Crippen molar-refractivity contribution in [2.45, 2.75) is 32.0 Å². The van der Waals surface area contributed by atoms with Crippen LogP contribution < -0.4 is 0 Å². The topological polar surface area (TPSA) is 49.9 Å². The lowest BCUT2D eigenvalue weighted by Gasteiger charge is -2.45. The van der Waals surface area contributed by atoms with Gasteiger partial charge in [0, 0.05) is 26.6 Å². The molecule has 5 nitrogen and oxygen atoms in total. The molecule has 0 saturated carbocycles. The van der Waals surface area contributed by atoms with Crippen molar-refractivity contribution in [3.8, 4) is 0 Å². The highest BCUT2D eigenvalue weighted by molar-refractivity contribution is 5.84. The molecular formula is C18H22N2O3. The van der Waals surface area contributed by atoms with Gasteiger partial charge in [0.05, 0.1) is 19.1 Å². The van der Waals surface area contributed by atoms with Crippen molar-refractivity contribution in [2.75, 3.05) is 26.2 Å². The maximum atomic E-state index is 12.7. The van der Waals surface area contributed by atoms with Crippen LogP contribution in [0, 0.1) is 5.92 Å². The maximum Gasteiger partial charge on any atom is 0.229 e. The summed E-state index contributed by atoms with van der Waals surface area (Å²) in [6.45, 7) is 4.76. The fraction of sp³-hybridized carbons (Fsp3) is 0.556. The summed E-state index contributed by atoms with van der Waals surface area (Å²) < 4.78 is 6.16. The zero-order chi connectivity index (χ0) is 16.0. The lowest BCUT2D eigenvalue weighted by Crippen LogP contribution is -2.58. The molecule has 0 N–H and O–H groups in total. The van der Waals surface area contributed by atoms with Gasteiger partial charge in [0.25, 0.3) is 0 Å². The molecule has 1 unspecified atom stereocenters. The Hall–Kier alpha value is -1.88. The molecule has 2 amide bonds. The molecule has 0 aromatic heterocycles. The molecule has 3 heterocycles. The van der Waals surface area contributed by atoms with Crippen molar-refractivity contribution >= 4 is 11.8 Å². The van der Waals surface area contributed by atoms with E-state index in [0.29, 0.717) is 26.2 Å². The van der Waals surface area contributed by atoms with E-state index in [0.717, 1.165) is 19.4 Å². The van der Waals surface area contributed by atoms with Gasteiger partial charge >= 0.3 is 0 Å². The highest BCUT2D eigenvalue weighted by Gasteiger charge is 2.46. The monoisotopic (exact) mass is 314 g/mol. The number of hydrogen-bond acceptors (Lipinski definition) is 3. The zero-order valence-corrected chi connectivity index (χ0v) is 13.5. The Labute approximate surface area is 136 Å². The quantitative estimate of drug-likeness (QED) is 0.789. The van der Waals surface area contributed by atoms with Crippen molar-refractivity contribution < 1.29 is 14.3 Å². The van der Waals surface area contributed by atoms with E-state index < -0.39 is 0 Å². The molecule has 3 aliphatic rings. The minimum atomic E-state index is -0.325. The first-order valence-electron chi connectivity index (χ1n) is 8.36. The Morgan fingerprint density at radius 1 is 1.22 bits per heavy atom. The number of likely N-dealkylation sites (tertiary alicyclic amines) is 2. The van der Waals surface area contributed by atoms with Crippen molar-refractivity contribution in [3.63, 3.8) is 0 Å². The number of amides is 2. The molecule has 3 aliphatic heterocycles. The molecule has 0 bridgehead atoms. The predicted molar refractivity (Wildman–Crippen MR) is 84.5 cm³/mol. The van der Waals surface area contributed by atoms with Gasteiger partial charge < -0.3 is 14.5 Å². The second kappa shape index (κ2) is 5.34. The van der Waals surface area contributed by atoms with Crippen molar-refractivity contribution in [3.05, 3.63) is 35.4 Å². The van der Waals surface area contributed by atoms with Crippen molar-refractivity contribution in [2.24, 2.45) is 5.92 Å². The van der Waals surface area contributed by atoms with E-state index in [-0.39, 0.29) is 23.3 Å². The number of rotatable bonds is 1. The second-order valence-electron chi connectivity index (χ2n) is 6.92. The fourth-order valence-electron chi connectivity index (χ4n) is 4.08. The first-order valence-corrected chi connectivity index (χ1v) is 8.36. The lowest BCUT2D eigenvalue weighted by molar-refractivity contribution is -0.155. The molecule has 0 aliphatic carbocycles. The normalized spacial score (nSPS) is 27.0. The van der Waals surface area contributed by atoms with Gasteiger partial charge in [0.15, 0.2) is 0 Å². The fourth-order valence-corrected chi connectivity index (χ4v) is 4.08. The average Bonchev–Trinajstić information content (AvgIpc) is 2.84. The summed E-state index contributed by atoms with van der Waals surface area (Å²) in [7, 11) is 0. The highest BCUT2D eigenvalue weighted by Crippen LogP contribution is 2.43. The number of hydrogen-bond donors (Lipinski definition) is 0. The molecule has 2 saturated heterocycles. The van der Waals surface area contributed by atoms with E-state index in [2.05, 4.69) is 12.1 Å². The van der Waals surface area contributed by atoms with Crippen molar-refractivity contribution in [1.29, 1.82) is 0 Å². The summed E-state index contributed by atoms with van der Waals surface area (Å²) in [6.07, 6.45) is 1.93. The molecular weight excluding hydrogens is 292 g/mol. The van der Waals surface area contributed by atoms with Gasteiger partial charge in [-0.1, -0.05) is 24.3 Å². The van der Waals surface area contributed by atoms with Crippen LogP contribution in [0.15, 0.2) is 24.3 Å². The molecule has 2 fully saturated rings. The van der Waals surface area contributed by atoms with E-state index in [9.17, 15) is 9.59 Å². The molecule has 1 aromatic carbocycles. The van der Waals surface area contributed by atoms with Crippen molar-refractivity contribution in [1.82, 2.24) is 9.80 Å². The van der Waals surface area contributed by atoms with Crippen LogP contribution in [0.2, 0.25) is 0 Å². The number of benzene rings is 1. The van der Waals surface area contributed by atoms with Gasteiger partial charge in [-0.2, -0.15) is 0 Å². The largest absolute Gasteiger partial charge is 0.364 e. The molecule has 4 rings (SSSR count). The third kappa shape index (κ3) is 2.34. The Morgan fingerprint density at radius 2 is 2.00 bits per heavy atom. The summed E-state index contributed by atoms with van der Waals surface area (Å²) in [4.78, 5) is 27.7.